The molecule has 2 aromatic rings. The second-order valence-corrected chi connectivity index (χ2v) is 4.99. The van der Waals surface area contributed by atoms with E-state index in [2.05, 4.69) is 5.32 Å². The average molecular weight is 283 g/mol. The molecule has 110 valence electrons. The van der Waals surface area contributed by atoms with Gasteiger partial charge in [-0.25, -0.2) is 0 Å². The van der Waals surface area contributed by atoms with Crippen molar-refractivity contribution in [1.29, 1.82) is 0 Å². The molecular formula is C17H21N3O. The van der Waals surface area contributed by atoms with E-state index < -0.39 is 0 Å². The highest BCUT2D eigenvalue weighted by Gasteiger charge is 2.11. The van der Waals surface area contributed by atoms with Gasteiger partial charge in [-0.1, -0.05) is 24.3 Å². The Bertz CT molecular complexity index is 611. The Hall–Kier alpha value is -2.49. The maximum absolute atomic E-state index is 12.2. The van der Waals surface area contributed by atoms with Crippen LogP contribution >= 0.6 is 0 Å². The van der Waals surface area contributed by atoms with Crippen LogP contribution in [0.25, 0.3) is 0 Å². The van der Waals surface area contributed by atoms with E-state index in [1.54, 1.807) is 0 Å². The first kappa shape index (κ1) is 14.9. The van der Waals surface area contributed by atoms with Crippen molar-refractivity contribution in [1.82, 2.24) is 0 Å². The van der Waals surface area contributed by atoms with Crippen LogP contribution in [0.15, 0.2) is 48.5 Å². The molecule has 0 atom stereocenters. The van der Waals surface area contributed by atoms with Gasteiger partial charge >= 0.3 is 0 Å². The summed E-state index contributed by atoms with van der Waals surface area (Å²) in [6.45, 7) is 5.06. The molecule has 0 heterocycles. The zero-order valence-corrected chi connectivity index (χ0v) is 12.5. The number of para-hydroxylation sites is 1. The molecule has 0 aliphatic heterocycles. The number of benzene rings is 2. The van der Waals surface area contributed by atoms with Crippen LogP contribution in [0.1, 0.15) is 12.5 Å². The van der Waals surface area contributed by atoms with Gasteiger partial charge in [-0.15, -0.1) is 0 Å². The van der Waals surface area contributed by atoms with Gasteiger partial charge in [0.2, 0.25) is 5.91 Å². The molecule has 1 amide bonds. The minimum Gasteiger partial charge on any atom is -0.397 e. The second kappa shape index (κ2) is 6.79. The van der Waals surface area contributed by atoms with Gasteiger partial charge in [0.15, 0.2) is 0 Å². The van der Waals surface area contributed by atoms with E-state index in [-0.39, 0.29) is 5.91 Å². The van der Waals surface area contributed by atoms with Crippen molar-refractivity contribution in [2.24, 2.45) is 0 Å². The van der Waals surface area contributed by atoms with Gasteiger partial charge in [-0.05, 0) is 43.7 Å². The van der Waals surface area contributed by atoms with E-state index in [0.717, 1.165) is 17.8 Å². The first-order chi connectivity index (χ1) is 10.1. The summed E-state index contributed by atoms with van der Waals surface area (Å²) < 4.78 is 0. The molecule has 0 aliphatic rings. The summed E-state index contributed by atoms with van der Waals surface area (Å²) in [6.07, 6.45) is 0. The van der Waals surface area contributed by atoms with E-state index in [9.17, 15) is 4.79 Å². The van der Waals surface area contributed by atoms with Gasteiger partial charge in [0.25, 0.3) is 0 Å². The lowest BCUT2D eigenvalue weighted by Crippen LogP contribution is -2.33. The first-order valence-corrected chi connectivity index (χ1v) is 7.06. The summed E-state index contributed by atoms with van der Waals surface area (Å²) in [6, 6.07) is 15.5. The van der Waals surface area contributed by atoms with Crippen molar-refractivity contribution in [3.8, 4) is 0 Å². The molecule has 0 spiro atoms. The van der Waals surface area contributed by atoms with E-state index in [4.69, 9.17) is 5.73 Å². The molecule has 0 unspecified atom stereocenters. The zero-order chi connectivity index (χ0) is 15.2. The fourth-order valence-electron chi connectivity index (χ4n) is 2.18. The van der Waals surface area contributed by atoms with Crippen molar-refractivity contribution in [2.45, 2.75) is 13.8 Å². The molecule has 2 aromatic carbocycles. The highest BCUT2D eigenvalue weighted by molar-refractivity contribution is 5.96. The third kappa shape index (κ3) is 3.99. The average Bonchev–Trinajstić information content (AvgIpc) is 2.48. The number of nitrogens with two attached hydrogens (primary N) is 1. The summed E-state index contributed by atoms with van der Waals surface area (Å²) in [5, 5.41) is 2.87. The summed E-state index contributed by atoms with van der Waals surface area (Å²) in [7, 11) is 0. The molecule has 4 heteroatoms. The molecule has 0 bridgehead atoms. The van der Waals surface area contributed by atoms with Crippen LogP contribution in [0.5, 0.6) is 0 Å². The van der Waals surface area contributed by atoms with E-state index in [1.165, 1.54) is 0 Å². The third-order valence-electron chi connectivity index (χ3n) is 3.32. The lowest BCUT2D eigenvalue weighted by molar-refractivity contribution is -0.115. The number of nitrogens with one attached hydrogen (secondary N) is 1. The first-order valence-electron chi connectivity index (χ1n) is 7.06. The highest BCUT2D eigenvalue weighted by Crippen LogP contribution is 2.19. The lowest BCUT2D eigenvalue weighted by Gasteiger charge is -2.22. The number of amides is 1. The number of aryl methyl sites for hydroxylation is 1. The van der Waals surface area contributed by atoms with Crippen molar-refractivity contribution in [3.63, 3.8) is 0 Å². The summed E-state index contributed by atoms with van der Waals surface area (Å²) in [5.41, 5.74) is 9.27. The quantitative estimate of drug-likeness (QED) is 0.829. The Morgan fingerprint density at radius 3 is 2.52 bits per heavy atom. The Morgan fingerprint density at radius 2 is 1.90 bits per heavy atom. The Balaban J connectivity index is 2.03. The van der Waals surface area contributed by atoms with Crippen LogP contribution in [0.4, 0.5) is 17.1 Å². The van der Waals surface area contributed by atoms with Crippen LogP contribution in [-0.2, 0) is 4.79 Å². The number of carbonyl (C=O) groups is 1. The standard InChI is InChI=1S/C17H21N3O/c1-3-20(14-7-5-4-6-8-14)12-17(21)19-16-10-9-13(2)11-15(16)18/h4-11H,3,12,18H2,1-2H3,(H,19,21). The van der Waals surface area contributed by atoms with Crippen molar-refractivity contribution in [2.75, 3.05) is 29.0 Å². The van der Waals surface area contributed by atoms with E-state index in [1.807, 2.05) is 67.3 Å². The molecule has 4 nitrogen and oxygen atoms in total. The summed E-state index contributed by atoms with van der Waals surface area (Å²) in [5.74, 6) is -0.0729. The molecule has 0 saturated heterocycles. The topological polar surface area (TPSA) is 58.4 Å². The maximum Gasteiger partial charge on any atom is 0.243 e. The van der Waals surface area contributed by atoms with Crippen LogP contribution < -0.4 is 16.0 Å². The normalized spacial score (nSPS) is 10.2. The van der Waals surface area contributed by atoms with Gasteiger partial charge in [0.05, 0.1) is 17.9 Å². The molecule has 0 aliphatic carbocycles. The number of anilines is 3. The van der Waals surface area contributed by atoms with Crippen molar-refractivity contribution >= 4 is 23.0 Å². The molecule has 0 radical (unpaired) electrons. The summed E-state index contributed by atoms with van der Waals surface area (Å²) >= 11 is 0. The zero-order valence-electron chi connectivity index (χ0n) is 12.5. The Labute approximate surface area is 125 Å². The molecule has 0 saturated carbocycles. The number of likely N-dealkylation sites (N-methyl/N-ethyl adjacent to an activating group) is 1. The maximum atomic E-state index is 12.2. The number of rotatable bonds is 5. The Kier molecular flexibility index (Phi) is 4.82. The highest BCUT2D eigenvalue weighted by atomic mass is 16.2. The largest absolute Gasteiger partial charge is 0.397 e. The second-order valence-electron chi connectivity index (χ2n) is 4.99. The van der Waals surface area contributed by atoms with Crippen molar-refractivity contribution < 1.29 is 4.79 Å². The molecule has 0 aromatic heterocycles. The summed E-state index contributed by atoms with van der Waals surface area (Å²) in [4.78, 5) is 14.2. The minimum atomic E-state index is -0.0729. The Morgan fingerprint density at radius 1 is 1.19 bits per heavy atom. The van der Waals surface area contributed by atoms with E-state index in [0.29, 0.717) is 17.9 Å². The predicted octanol–water partition coefficient (Wildman–Crippen LogP) is 3.04. The van der Waals surface area contributed by atoms with E-state index >= 15 is 0 Å². The fraction of sp³-hybridized carbons (Fsp3) is 0.235. The van der Waals surface area contributed by atoms with Crippen LogP contribution in [-0.4, -0.2) is 19.0 Å². The van der Waals surface area contributed by atoms with Gasteiger partial charge in [-0.2, -0.15) is 0 Å². The molecule has 21 heavy (non-hydrogen) atoms. The van der Waals surface area contributed by atoms with Gasteiger partial charge in [0.1, 0.15) is 0 Å². The monoisotopic (exact) mass is 283 g/mol. The SMILES string of the molecule is CCN(CC(=O)Nc1ccc(C)cc1N)c1ccccc1. The number of hydrogen-bond acceptors (Lipinski definition) is 3. The van der Waals surface area contributed by atoms with Gasteiger partial charge < -0.3 is 16.0 Å². The van der Waals surface area contributed by atoms with Gasteiger partial charge in [0, 0.05) is 12.2 Å². The molecule has 3 N–H and O–H groups in total. The minimum absolute atomic E-state index is 0.0729. The molecule has 0 fully saturated rings. The smallest absolute Gasteiger partial charge is 0.243 e. The third-order valence-corrected chi connectivity index (χ3v) is 3.32. The molecule has 2 rings (SSSR count). The van der Waals surface area contributed by atoms with Crippen LogP contribution in [0, 0.1) is 6.92 Å². The van der Waals surface area contributed by atoms with Gasteiger partial charge in [-0.3, -0.25) is 4.79 Å². The van der Waals surface area contributed by atoms with Crippen LogP contribution in [0.3, 0.4) is 0 Å². The number of nitrogen functional groups attached to an aromatic ring is 1. The number of hydrogen-bond donors (Lipinski definition) is 2. The molecular weight excluding hydrogens is 262 g/mol. The predicted molar refractivity (Wildman–Crippen MR) is 88.6 cm³/mol. The van der Waals surface area contributed by atoms with Crippen LogP contribution in [0.2, 0.25) is 0 Å². The number of nitrogens with zero attached hydrogens (tertiary/aromatic N) is 1. The van der Waals surface area contributed by atoms with Crippen molar-refractivity contribution in [3.05, 3.63) is 54.1 Å². The number of carbonyl (C=O) groups excluding carboxylic acids is 1. The fourth-order valence-corrected chi connectivity index (χ4v) is 2.18. The lowest BCUT2D eigenvalue weighted by atomic mass is 10.2.